The fourth-order valence-corrected chi connectivity index (χ4v) is 5.29. The third kappa shape index (κ3) is 7.01. The lowest BCUT2D eigenvalue weighted by atomic mass is 9.97. The van der Waals surface area contributed by atoms with Crippen LogP contribution in [0.5, 0.6) is 11.5 Å². The molecule has 0 aromatic heterocycles. The van der Waals surface area contributed by atoms with Crippen molar-refractivity contribution in [3.05, 3.63) is 84.4 Å². The van der Waals surface area contributed by atoms with Gasteiger partial charge in [-0.2, -0.15) is 0 Å². The molecule has 3 rings (SSSR count). The maximum absolute atomic E-state index is 13.6. The Morgan fingerprint density at radius 1 is 0.917 bits per heavy atom. The summed E-state index contributed by atoms with van der Waals surface area (Å²) in [5.41, 5.74) is 1.34. The highest BCUT2D eigenvalue weighted by molar-refractivity contribution is 7.92. The van der Waals surface area contributed by atoms with Crippen LogP contribution in [-0.4, -0.2) is 34.6 Å². The molecule has 0 heterocycles. The molecular formula is C28H34N2O5S. The summed E-state index contributed by atoms with van der Waals surface area (Å²) in [4.78, 5) is 13.4. The molecule has 1 atom stereocenters. The number of anilines is 1. The van der Waals surface area contributed by atoms with Crippen molar-refractivity contribution in [2.75, 3.05) is 24.6 Å². The van der Waals surface area contributed by atoms with E-state index >= 15 is 0 Å². The van der Waals surface area contributed by atoms with E-state index in [-0.39, 0.29) is 17.5 Å². The minimum atomic E-state index is -4.01. The van der Waals surface area contributed by atoms with E-state index in [0.717, 1.165) is 15.6 Å². The third-order valence-electron chi connectivity index (χ3n) is 5.61. The first-order valence-corrected chi connectivity index (χ1v) is 13.4. The van der Waals surface area contributed by atoms with Crippen LogP contribution in [0.2, 0.25) is 0 Å². The first kappa shape index (κ1) is 27.1. The number of carbonyl (C=O) groups is 1. The predicted octanol–water partition coefficient (Wildman–Crippen LogP) is 5.19. The molecule has 0 radical (unpaired) electrons. The monoisotopic (exact) mass is 510 g/mol. The Morgan fingerprint density at radius 2 is 1.53 bits per heavy atom. The van der Waals surface area contributed by atoms with Crippen LogP contribution in [0.3, 0.4) is 0 Å². The van der Waals surface area contributed by atoms with Gasteiger partial charge >= 0.3 is 0 Å². The van der Waals surface area contributed by atoms with E-state index in [1.54, 1.807) is 49.6 Å². The molecule has 0 saturated heterocycles. The highest BCUT2D eigenvalue weighted by atomic mass is 32.2. The Balaban J connectivity index is 1.88. The van der Waals surface area contributed by atoms with Gasteiger partial charge in [0.25, 0.3) is 10.0 Å². The Morgan fingerprint density at radius 3 is 2.08 bits per heavy atom. The van der Waals surface area contributed by atoms with Crippen molar-refractivity contribution >= 4 is 21.6 Å². The van der Waals surface area contributed by atoms with E-state index in [2.05, 4.69) is 19.2 Å². The zero-order chi connectivity index (χ0) is 26.1. The molecular weight excluding hydrogens is 476 g/mol. The van der Waals surface area contributed by atoms with Crippen molar-refractivity contribution in [2.45, 2.75) is 38.1 Å². The maximum atomic E-state index is 13.6. The zero-order valence-electron chi connectivity index (χ0n) is 21.2. The number of nitrogens with zero attached hydrogens (tertiary/aromatic N) is 1. The van der Waals surface area contributed by atoms with E-state index in [1.165, 1.54) is 12.1 Å². The second kappa shape index (κ2) is 12.4. The normalized spacial score (nSPS) is 12.1. The molecule has 0 spiro atoms. The Hall–Kier alpha value is -3.52. The summed E-state index contributed by atoms with van der Waals surface area (Å²) in [6.07, 6.45) is 0.703. The van der Waals surface area contributed by atoms with Crippen molar-refractivity contribution in [3.63, 3.8) is 0 Å². The Kier molecular flexibility index (Phi) is 9.36. The van der Waals surface area contributed by atoms with E-state index in [0.29, 0.717) is 30.4 Å². The van der Waals surface area contributed by atoms with Gasteiger partial charge in [0.15, 0.2) is 0 Å². The molecule has 3 aromatic rings. The molecule has 0 aliphatic carbocycles. The minimum absolute atomic E-state index is 0.0801. The summed E-state index contributed by atoms with van der Waals surface area (Å²) in [6.45, 7) is 6.14. The van der Waals surface area contributed by atoms with Crippen LogP contribution < -0.4 is 19.1 Å². The first-order chi connectivity index (χ1) is 17.2. The van der Waals surface area contributed by atoms with Gasteiger partial charge in [0.05, 0.1) is 30.3 Å². The fraction of sp³-hybridized carbons (Fsp3) is 0.321. The summed E-state index contributed by atoms with van der Waals surface area (Å²) < 4.78 is 39.1. The number of sulfonamides is 1. The van der Waals surface area contributed by atoms with Crippen molar-refractivity contribution in [3.8, 4) is 11.5 Å². The van der Waals surface area contributed by atoms with Gasteiger partial charge in [-0.25, -0.2) is 8.42 Å². The molecule has 0 aliphatic heterocycles. The molecule has 8 heteroatoms. The average molecular weight is 511 g/mol. The number of methoxy groups -OCH3 is 1. The number of ether oxygens (including phenoxy) is 2. The lowest BCUT2D eigenvalue weighted by molar-refractivity contribution is -0.120. The van der Waals surface area contributed by atoms with Crippen molar-refractivity contribution in [1.82, 2.24) is 5.32 Å². The summed E-state index contributed by atoms with van der Waals surface area (Å²) in [6, 6.07) is 22.1. The van der Waals surface area contributed by atoms with Gasteiger partial charge in [0.1, 0.15) is 18.0 Å². The average Bonchev–Trinajstić information content (AvgIpc) is 2.87. The van der Waals surface area contributed by atoms with Gasteiger partial charge in [-0.15, -0.1) is 0 Å². The molecule has 0 fully saturated rings. The van der Waals surface area contributed by atoms with Crippen LogP contribution in [0.4, 0.5) is 5.69 Å². The van der Waals surface area contributed by atoms with E-state index in [9.17, 15) is 13.2 Å². The number of nitrogens with one attached hydrogen (secondary N) is 1. The molecule has 0 unspecified atom stereocenters. The predicted molar refractivity (Wildman–Crippen MR) is 142 cm³/mol. The second-order valence-electron chi connectivity index (χ2n) is 8.77. The molecule has 36 heavy (non-hydrogen) atoms. The smallest absolute Gasteiger partial charge is 0.264 e. The van der Waals surface area contributed by atoms with Gasteiger partial charge in [0.2, 0.25) is 5.91 Å². The summed E-state index contributed by atoms with van der Waals surface area (Å²) in [5, 5.41) is 3.05. The van der Waals surface area contributed by atoms with E-state index in [4.69, 9.17) is 9.47 Å². The van der Waals surface area contributed by atoms with Gasteiger partial charge in [0, 0.05) is 0 Å². The van der Waals surface area contributed by atoms with Gasteiger partial charge < -0.3 is 14.8 Å². The molecule has 1 N–H and O–H groups in total. The molecule has 0 saturated carbocycles. The molecule has 192 valence electrons. The van der Waals surface area contributed by atoms with E-state index in [1.807, 2.05) is 31.2 Å². The molecule has 1 amide bonds. The van der Waals surface area contributed by atoms with Crippen molar-refractivity contribution in [2.24, 2.45) is 5.92 Å². The van der Waals surface area contributed by atoms with Gasteiger partial charge in [-0.05, 0) is 73.4 Å². The second-order valence-corrected chi connectivity index (χ2v) is 10.6. The topological polar surface area (TPSA) is 84.9 Å². The van der Waals surface area contributed by atoms with Crippen LogP contribution in [0.25, 0.3) is 0 Å². The largest absolute Gasteiger partial charge is 0.497 e. The highest BCUT2D eigenvalue weighted by Crippen LogP contribution is 2.27. The number of benzene rings is 3. The van der Waals surface area contributed by atoms with Gasteiger partial charge in [-0.3, -0.25) is 9.10 Å². The quantitative estimate of drug-likeness (QED) is 0.362. The van der Waals surface area contributed by atoms with Crippen LogP contribution in [0, 0.1) is 5.92 Å². The van der Waals surface area contributed by atoms with Crippen molar-refractivity contribution < 1.29 is 22.7 Å². The third-order valence-corrected chi connectivity index (χ3v) is 7.40. The standard InChI is InChI=1S/C28H34N2O5S/c1-5-35-25-15-17-26(18-16-25)36(32,33)30(23-9-7-6-8-10-23)20-28(31)29-27(19-21(2)3)22-11-13-24(34-4)14-12-22/h6-18,21,27H,5,19-20H2,1-4H3,(H,29,31)/t27-/m0/s1. The fourth-order valence-electron chi connectivity index (χ4n) is 3.87. The van der Waals surface area contributed by atoms with Crippen LogP contribution in [0.15, 0.2) is 83.8 Å². The van der Waals surface area contributed by atoms with Gasteiger partial charge in [-0.1, -0.05) is 44.2 Å². The number of rotatable bonds is 12. The number of para-hydroxylation sites is 1. The van der Waals surface area contributed by atoms with Crippen LogP contribution >= 0.6 is 0 Å². The first-order valence-electron chi connectivity index (χ1n) is 12.0. The Labute approximate surface area is 214 Å². The SMILES string of the molecule is CCOc1ccc(S(=O)(=O)N(CC(=O)N[C@@H](CC(C)C)c2ccc(OC)cc2)c2ccccc2)cc1. The lowest BCUT2D eigenvalue weighted by Gasteiger charge is -2.26. The van der Waals surface area contributed by atoms with Crippen LogP contribution in [-0.2, 0) is 14.8 Å². The van der Waals surface area contributed by atoms with E-state index < -0.39 is 15.9 Å². The number of hydrogen-bond donors (Lipinski definition) is 1. The number of hydrogen-bond acceptors (Lipinski definition) is 5. The van der Waals surface area contributed by atoms with Crippen LogP contribution in [0.1, 0.15) is 38.8 Å². The summed E-state index contributed by atoms with van der Waals surface area (Å²) >= 11 is 0. The molecule has 0 bridgehead atoms. The molecule has 7 nitrogen and oxygen atoms in total. The lowest BCUT2D eigenvalue weighted by Crippen LogP contribution is -2.42. The zero-order valence-corrected chi connectivity index (χ0v) is 22.0. The summed E-state index contributed by atoms with van der Waals surface area (Å²) in [5.74, 6) is 1.23. The Bertz CT molecular complexity index is 1210. The maximum Gasteiger partial charge on any atom is 0.264 e. The molecule has 0 aliphatic rings. The number of amides is 1. The number of carbonyl (C=O) groups excluding carboxylic acids is 1. The highest BCUT2D eigenvalue weighted by Gasteiger charge is 2.28. The minimum Gasteiger partial charge on any atom is -0.497 e. The molecule has 3 aromatic carbocycles. The summed E-state index contributed by atoms with van der Waals surface area (Å²) in [7, 11) is -2.41. The van der Waals surface area contributed by atoms with Crippen molar-refractivity contribution in [1.29, 1.82) is 0 Å².